The van der Waals surface area contributed by atoms with Crippen molar-refractivity contribution in [2.75, 3.05) is 45.9 Å². The number of nitrogens with one attached hydrogen (secondary N) is 4. The molecular weight excluding hydrogens is 1650 g/mol. The van der Waals surface area contributed by atoms with Crippen LogP contribution in [-0.4, -0.2) is 299 Å². The Morgan fingerprint density at radius 3 is 1.52 bits per heavy atom. The van der Waals surface area contributed by atoms with Crippen LogP contribution in [0, 0.1) is 0 Å². The number of rotatable bonds is 37. The number of ether oxygens (including phenoxy) is 22. The van der Waals surface area contributed by atoms with E-state index in [-0.39, 0.29) is 5.75 Å². The van der Waals surface area contributed by atoms with E-state index in [1.165, 1.54) is 34.6 Å². The highest BCUT2D eigenvalue weighted by molar-refractivity contribution is 8.76. The number of nitrogens with two attached hydrogens (primary N) is 1. The monoisotopic (exact) mass is 1750 g/mol. The summed E-state index contributed by atoms with van der Waals surface area (Å²) in [5, 5.41) is 10.00. The van der Waals surface area contributed by atoms with Crippen molar-refractivity contribution in [3.8, 4) is 5.75 Å². The first-order valence-corrected chi connectivity index (χ1v) is 39.4. The summed E-state index contributed by atoms with van der Waals surface area (Å²) < 4.78 is 131. The van der Waals surface area contributed by atoms with Crippen molar-refractivity contribution >= 4 is 129 Å². The first-order chi connectivity index (χ1) is 56.3. The summed E-state index contributed by atoms with van der Waals surface area (Å²) in [7, 11) is 3.58. The lowest BCUT2D eigenvalue weighted by atomic mass is 9.86. The molecule has 5 aliphatic rings. The van der Waals surface area contributed by atoms with Crippen molar-refractivity contribution in [2.24, 2.45) is 5.73 Å². The second-order valence-corrected chi connectivity index (χ2v) is 30.1. The van der Waals surface area contributed by atoms with Gasteiger partial charge < -0.3 is 131 Å². The standard InChI is InChI=1S/C73H99N5O40S2/c1-18-119-120-53-22-20-19-21-46(53)111-67(94)30(2)75-66(93)45(74)25-101-68-56(78-33(5)81)61(57(107-41(13)89)52(112-68)29-102-72(70(95)97-17)23-47(103-37(9)85)54(76-31(3)79)62(116-72)58(108-42(14)90)49(105-39(11)87)26-98-34(6)82)114-69-65(110-44(16)92)64-60(51(113-69)28-100-36(8)84)115-71(96)73(118-64)24-48(104-38(10)86)55(77-32(4)80)63(117-73)59(109-43(15)91)50(106-40(12)88)27-99-35(7)83/h19-22,30,45,47-52,54-65,68-69H,18,23-29,74H2,1-17H3,(H,75,93)(H,76,79)(H,77,80)(H,78,81)/t30-,45-,47-,48-,49+,50+,51+,52+,54+,55+,56+,57-,58+,59+,60-,61+,62+,63+,64-,65+,68-,69-,72-,73-/m0/s1. The van der Waals surface area contributed by atoms with Gasteiger partial charge in [-0.05, 0) is 19.1 Å². The number of fused-ring (bicyclic) bond motifs is 1. The summed E-state index contributed by atoms with van der Waals surface area (Å²) in [4.78, 5) is 243. The summed E-state index contributed by atoms with van der Waals surface area (Å²) in [5.74, 6) is -25.5. The molecule has 5 aliphatic heterocycles. The van der Waals surface area contributed by atoms with Gasteiger partial charge in [0, 0.05) is 103 Å². The van der Waals surface area contributed by atoms with E-state index in [0.29, 0.717) is 10.6 Å². The molecule has 4 amide bonds. The Balaban J connectivity index is 1.60. The van der Waals surface area contributed by atoms with Crippen molar-refractivity contribution in [1.29, 1.82) is 0 Å². The molecule has 1 aromatic carbocycles. The van der Waals surface area contributed by atoms with E-state index >= 15 is 4.79 Å². The van der Waals surface area contributed by atoms with Crippen molar-refractivity contribution in [3.63, 3.8) is 0 Å². The first-order valence-electron chi connectivity index (χ1n) is 37.1. The molecule has 6 N–H and O–H groups in total. The third-order valence-corrected chi connectivity index (χ3v) is 20.1. The highest BCUT2D eigenvalue weighted by atomic mass is 33.1. The number of benzene rings is 1. The molecule has 0 unspecified atom stereocenters. The summed E-state index contributed by atoms with van der Waals surface area (Å²) in [5.41, 5.74) is 6.51. The van der Waals surface area contributed by atoms with E-state index < -0.39 is 299 Å². The van der Waals surface area contributed by atoms with Crippen LogP contribution in [0.3, 0.4) is 0 Å². The second kappa shape index (κ2) is 45.1. The van der Waals surface area contributed by atoms with Crippen molar-refractivity contribution < 1.29 is 191 Å². The largest absolute Gasteiger partial charge is 0.465 e. The van der Waals surface area contributed by atoms with E-state index in [0.717, 1.165) is 104 Å². The first kappa shape index (κ1) is 98.8. The molecular formula is C73H99N5O40S2. The molecule has 5 heterocycles. The Morgan fingerprint density at radius 2 is 1.02 bits per heavy atom. The second-order valence-electron chi connectivity index (χ2n) is 27.5. The number of hydrogen-bond donors (Lipinski definition) is 5. The van der Waals surface area contributed by atoms with Gasteiger partial charge in [-0.3, -0.25) is 71.9 Å². The van der Waals surface area contributed by atoms with Gasteiger partial charge in [-0.15, -0.1) is 0 Å². The quantitative estimate of drug-likeness (QED) is 0.0212. The van der Waals surface area contributed by atoms with Crippen LogP contribution in [0.2, 0.25) is 0 Å². The van der Waals surface area contributed by atoms with Gasteiger partial charge in [0.2, 0.25) is 23.6 Å². The molecule has 0 saturated carbocycles. The van der Waals surface area contributed by atoms with Crippen LogP contribution in [0.1, 0.15) is 124 Å². The molecule has 5 saturated heterocycles. The number of hydrogen-bond acceptors (Lipinski definition) is 43. The Labute approximate surface area is 693 Å². The number of amides is 4. The lowest BCUT2D eigenvalue weighted by molar-refractivity contribution is -0.403. The molecule has 1 aromatic rings. The molecule has 5 fully saturated rings. The number of carbonyl (C=O) groups is 18. The molecule has 120 heavy (non-hydrogen) atoms. The fourth-order valence-electron chi connectivity index (χ4n) is 13.3. The van der Waals surface area contributed by atoms with Crippen LogP contribution < -0.4 is 31.7 Å². The summed E-state index contributed by atoms with van der Waals surface area (Å²) in [6, 6.07) is -2.28. The van der Waals surface area contributed by atoms with Gasteiger partial charge in [0.1, 0.15) is 92.5 Å². The van der Waals surface area contributed by atoms with Crippen LogP contribution in [0.5, 0.6) is 5.75 Å². The SMILES string of the molecule is CCSSc1ccccc1OC(=O)[C@H](C)NC(=O)[C@@H](N)CO[C@H]1O[C@H](CO[C@@]2(C(=O)OC)C[C@H](OC(C)=O)[C@@H](NC(C)=O)[C@H]([C@H](OC(C)=O)[C@@H](COC(C)=O)OC(C)=O)O2)[C@H](OC(C)=O)[C@H](O[C@@H]2O[C@H](COC(C)=O)[C@@H]3OC(=O)[C@]4(C[C@H](OC(C)=O)[C@@H](NC(C)=O)[C@H]([C@H](OC(C)=O)[C@@H](COC(C)=O)OC(C)=O)O4)O[C@@H]3[C@H]2OC(C)=O)[C@H]1NC(C)=O. The van der Waals surface area contributed by atoms with Crippen LogP contribution >= 0.6 is 21.6 Å². The predicted molar refractivity (Wildman–Crippen MR) is 394 cm³/mol. The number of para-hydroxylation sites is 1. The fraction of sp³-hybridized carbons (Fsp3) is 0.671. The van der Waals surface area contributed by atoms with Gasteiger partial charge in [0.15, 0.2) is 55.3 Å². The van der Waals surface area contributed by atoms with Crippen LogP contribution in [0.25, 0.3) is 0 Å². The van der Waals surface area contributed by atoms with Gasteiger partial charge in [0.25, 0.3) is 11.6 Å². The van der Waals surface area contributed by atoms with Crippen LogP contribution in [0.4, 0.5) is 0 Å². The summed E-state index contributed by atoms with van der Waals surface area (Å²) in [6.45, 7) is 11.0. The van der Waals surface area contributed by atoms with E-state index in [2.05, 4.69) is 21.3 Å². The predicted octanol–water partition coefficient (Wildman–Crippen LogP) is -1.84. The zero-order valence-corrected chi connectivity index (χ0v) is 70.0. The maximum atomic E-state index is 15.3. The minimum atomic E-state index is -3.12. The van der Waals surface area contributed by atoms with Gasteiger partial charge in [-0.25, -0.2) is 14.4 Å². The number of carbonyl (C=O) groups excluding carboxylic acids is 18. The Morgan fingerprint density at radius 1 is 0.533 bits per heavy atom. The minimum absolute atomic E-state index is 0.150. The fourth-order valence-corrected chi connectivity index (χ4v) is 15.0. The molecule has 45 nitrogen and oxygen atoms in total. The topological polar surface area (TPSA) is 584 Å². The summed E-state index contributed by atoms with van der Waals surface area (Å²) >= 11 is 0. The lowest BCUT2D eigenvalue weighted by Crippen LogP contribution is -2.75. The molecule has 0 radical (unpaired) electrons. The van der Waals surface area contributed by atoms with Crippen molar-refractivity contribution in [1.82, 2.24) is 21.3 Å². The van der Waals surface area contributed by atoms with E-state index in [1.54, 1.807) is 18.2 Å². The van der Waals surface area contributed by atoms with Gasteiger partial charge in [-0.1, -0.05) is 40.6 Å². The van der Waals surface area contributed by atoms with E-state index in [9.17, 15) is 81.5 Å². The number of esters is 14. The highest BCUT2D eigenvalue weighted by Gasteiger charge is 2.68. The van der Waals surface area contributed by atoms with Gasteiger partial charge in [0.05, 0.1) is 50.1 Å². The zero-order chi connectivity index (χ0) is 89.5. The van der Waals surface area contributed by atoms with Gasteiger partial charge in [-0.2, -0.15) is 0 Å². The molecule has 1 spiro atoms. The van der Waals surface area contributed by atoms with E-state index in [4.69, 9.17) is 110 Å². The smallest absolute Gasteiger partial charge is 0.367 e. The third kappa shape index (κ3) is 28.0. The number of methoxy groups -OCH3 is 1. The minimum Gasteiger partial charge on any atom is -0.465 e. The zero-order valence-electron chi connectivity index (χ0n) is 68.4. The molecule has 47 heteroatoms. The molecule has 24 atom stereocenters. The normalized spacial score (nSPS) is 28.2. The molecule has 0 bridgehead atoms. The Kier molecular flexibility index (Phi) is 37.1. The van der Waals surface area contributed by atoms with E-state index in [1.807, 2.05) is 6.92 Å². The van der Waals surface area contributed by atoms with Crippen LogP contribution in [-0.2, 0) is 186 Å². The Bertz CT molecular complexity index is 3930. The van der Waals surface area contributed by atoms with Crippen molar-refractivity contribution in [3.05, 3.63) is 24.3 Å². The maximum absolute atomic E-state index is 15.3. The average molecular weight is 1750 g/mol. The van der Waals surface area contributed by atoms with Gasteiger partial charge >= 0.3 is 83.6 Å². The maximum Gasteiger partial charge on any atom is 0.367 e. The highest BCUT2D eigenvalue weighted by Crippen LogP contribution is 2.46. The Hall–Kier alpha value is -9.98. The third-order valence-electron chi connectivity index (χ3n) is 17.6. The van der Waals surface area contributed by atoms with Crippen LogP contribution in [0.15, 0.2) is 29.2 Å². The summed E-state index contributed by atoms with van der Waals surface area (Å²) in [6.07, 6.45) is -37.7. The molecule has 668 valence electrons. The average Bonchev–Trinajstić information content (AvgIpc) is 0.725. The van der Waals surface area contributed by atoms with Crippen molar-refractivity contribution in [2.45, 2.75) is 274 Å². The molecule has 6 rings (SSSR count). The molecule has 0 aliphatic carbocycles. The lowest BCUT2D eigenvalue weighted by Gasteiger charge is -2.55. The molecule has 0 aromatic heterocycles.